The van der Waals surface area contributed by atoms with Gasteiger partial charge in [-0.05, 0) is 25.0 Å². The van der Waals surface area contributed by atoms with Gasteiger partial charge in [0.05, 0.1) is 5.60 Å². The Morgan fingerprint density at radius 3 is 2.29 bits per heavy atom. The van der Waals surface area contributed by atoms with Crippen LogP contribution in [-0.4, -0.2) is 17.3 Å². The molecule has 1 fully saturated rings. The molecule has 0 spiro atoms. The Morgan fingerprint density at radius 2 is 1.76 bits per heavy atom. The van der Waals surface area contributed by atoms with Crippen molar-refractivity contribution in [1.29, 1.82) is 0 Å². The van der Waals surface area contributed by atoms with Crippen molar-refractivity contribution in [2.24, 2.45) is 0 Å². The van der Waals surface area contributed by atoms with E-state index >= 15 is 0 Å². The van der Waals surface area contributed by atoms with Crippen LogP contribution in [0.5, 0.6) is 0 Å². The topological polar surface area (TPSA) is 32.3 Å². The van der Waals surface area contributed by atoms with E-state index < -0.39 is 17.2 Å². The van der Waals surface area contributed by atoms with Crippen LogP contribution in [-0.2, 0) is 0 Å². The van der Waals surface area contributed by atoms with Crippen molar-refractivity contribution >= 4 is 21.6 Å². The van der Waals surface area contributed by atoms with Crippen molar-refractivity contribution in [1.82, 2.24) is 0 Å². The van der Waals surface area contributed by atoms with E-state index in [0.717, 1.165) is 12.8 Å². The normalized spacial score (nSPS) is 18.4. The molecule has 0 amide bonds. The highest BCUT2D eigenvalue weighted by Crippen LogP contribution is 2.31. The molecule has 0 bridgehead atoms. The molecule has 0 radical (unpaired) electrons. The number of rotatable bonds is 3. The molecule has 0 saturated heterocycles. The molecule has 0 aliphatic heterocycles. The number of hydrogen-bond donors (Lipinski definition) is 2. The number of anilines is 1. The highest BCUT2D eigenvalue weighted by atomic mass is 79.9. The van der Waals surface area contributed by atoms with Crippen LogP contribution >= 0.6 is 15.9 Å². The zero-order valence-corrected chi connectivity index (χ0v) is 10.9. The number of hydrogen-bond acceptors (Lipinski definition) is 2. The second-order valence-corrected chi connectivity index (χ2v) is 5.45. The first-order valence-corrected chi connectivity index (χ1v) is 6.40. The van der Waals surface area contributed by atoms with Gasteiger partial charge in [-0.2, -0.15) is 0 Å². The third-order valence-corrected chi connectivity index (χ3v) is 3.59. The zero-order chi connectivity index (χ0) is 12.5. The third kappa shape index (κ3) is 2.96. The molecular weight excluding hydrogens is 292 g/mol. The van der Waals surface area contributed by atoms with E-state index in [9.17, 15) is 13.9 Å². The standard InChI is InChI=1S/C12H14BrF2NO/c13-8-5-9(14)11(10(15)6-8)16-7-12(17)3-1-2-4-12/h5-6,16-17H,1-4,7H2. The predicted octanol–water partition coefficient (Wildman–Crippen LogP) is 3.44. The summed E-state index contributed by atoms with van der Waals surface area (Å²) >= 11 is 3.02. The number of nitrogens with one attached hydrogen (secondary N) is 1. The van der Waals surface area contributed by atoms with Gasteiger partial charge in [-0.15, -0.1) is 0 Å². The molecule has 94 valence electrons. The van der Waals surface area contributed by atoms with Gasteiger partial charge in [0.2, 0.25) is 0 Å². The summed E-state index contributed by atoms with van der Waals surface area (Å²) in [4.78, 5) is 0. The first-order valence-electron chi connectivity index (χ1n) is 5.61. The van der Waals surface area contributed by atoms with E-state index in [0.29, 0.717) is 17.3 Å². The summed E-state index contributed by atoms with van der Waals surface area (Å²) in [6, 6.07) is 2.40. The number of benzene rings is 1. The van der Waals surface area contributed by atoms with E-state index in [-0.39, 0.29) is 12.2 Å². The summed E-state index contributed by atoms with van der Waals surface area (Å²) in [5.41, 5.74) is -1.00. The lowest BCUT2D eigenvalue weighted by Gasteiger charge is -2.23. The summed E-state index contributed by atoms with van der Waals surface area (Å²) in [5, 5.41) is 12.7. The maximum Gasteiger partial charge on any atom is 0.150 e. The van der Waals surface area contributed by atoms with E-state index in [2.05, 4.69) is 21.2 Å². The van der Waals surface area contributed by atoms with Gasteiger partial charge in [-0.25, -0.2) is 8.78 Å². The van der Waals surface area contributed by atoms with Crippen molar-refractivity contribution < 1.29 is 13.9 Å². The Morgan fingerprint density at radius 1 is 1.24 bits per heavy atom. The fraction of sp³-hybridized carbons (Fsp3) is 0.500. The zero-order valence-electron chi connectivity index (χ0n) is 9.27. The Balaban J connectivity index is 2.08. The minimum absolute atomic E-state index is 0.173. The molecule has 1 aromatic rings. The smallest absolute Gasteiger partial charge is 0.150 e. The minimum atomic E-state index is -0.827. The molecule has 1 aliphatic carbocycles. The SMILES string of the molecule is OC1(CNc2c(F)cc(Br)cc2F)CCCC1. The predicted molar refractivity (Wildman–Crippen MR) is 66.0 cm³/mol. The van der Waals surface area contributed by atoms with Gasteiger partial charge >= 0.3 is 0 Å². The van der Waals surface area contributed by atoms with E-state index in [4.69, 9.17) is 0 Å². The maximum absolute atomic E-state index is 13.5. The molecule has 1 aliphatic rings. The lowest BCUT2D eigenvalue weighted by Crippen LogP contribution is -2.33. The van der Waals surface area contributed by atoms with E-state index in [1.54, 1.807) is 0 Å². The minimum Gasteiger partial charge on any atom is -0.388 e. The van der Waals surface area contributed by atoms with Crippen LogP contribution in [0.4, 0.5) is 14.5 Å². The van der Waals surface area contributed by atoms with Crippen LogP contribution in [0.3, 0.4) is 0 Å². The fourth-order valence-corrected chi connectivity index (χ4v) is 2.58. The van der Waals surface area contributed by atoms with E-state index in [1.807, 2.05) is 0 Å². The van der Waals surface area contributed by atoms with E-state index in [1.165, 1.54) is 12.1 Å². The number of aliphatic hydroxyl groups is 1. The molecular formula is C12H14BrF2NO. The molecule has 2 N–H and O–H groups in total. The van der Waals surface area contributed by atoms with Gasteiger partial charge in [0.15, 0.2) is 0 Å². The van der Waals surface area contributed by atoms with Crippen molar-refractivity contribution in [3.8, 4) is 0 Å². The molecule has 2 nitrogen and oxygen atoms in total. The second-order valence-electron chi connectivity index (χ2n) is 4.53. The highest BCUT2D eigenvalue weighted by Gasteiger charge is 2.31. The van der Waals surface area contributed by atoms with Gasteiger partial charge in [0, 0.05) is 11.0 Å². The Hall–Kier alpha value is -0.680. The second kappa shape index (κ2) is 4.90. The van der Waals surface area contributed by atoms with Crippen LogP contribution in [0.1, 0.15) is 25.7 Å². The van der Waals surface area contributed by atoms with Gasteiger partial charge in [0.1, 0.15) is 17.3 Å². The Kier molecular flexibility index (Phi) is 3.68. The average molecular weight is 306 g/mol. The molecule has 0 unspecified atom stereocenters. The molecule has 2 rings (SSSR count). The molecule has 1 saturated carbocycles. The molecule has 5 heteroatoms. The highest BCUT2D eigenvalue weighted by molar-refractivity contribution is 9.10. The Labute approximate surface area is 107 Å². The lowest BCUT2D eigenvalue weighted by atomic mass is 10.0. The average Bonchev–Trinajstić information content (AvgIpc) is 2.64. The third-order valence-electron chi connectivity index (χ3n) is 3.14. The molecule has 0 atom stereocenters. The summed E-state index contributed by atoms with van der Waals surface area (Å²) in [6.07, 6.45) is 3.28. The van der Waals surface area contributed by atoms with Gasteiger partial charge in [0.25, 0.3) is 0 Å². The van der Waals surface area contributed by atoms with Crippen LogP contribution in [0.15, 0.2) is 16.6 Å². The fourth-order valence-electron chi connectivity index (χ4n) is 2.17. The van der Waals surface area contributed by atoms with Crippen LogP contribution in [0, 0.1) is 11.6 Å². The molecule has 17 heavy (non-hydrogen) atoms. The molecule has 1 aromatic carbocycles. The van der Waals surface area contributed by atoms with Crippen molar-refractivity contribution in [2.75, 3.05) is 11.9 Å². The summed E-state index contributed by atoms with van der Waals surface area (Å²) < 4.78 is 27.4. The van der Waals surface area contributed by atoms with Gasteiger partial charge < -0.3 is 10.4 Å². The summed E-state index contributed by atoms with van der Waals surface area (Å²) in [7, 11) is 0. The van der Waals surface area contributed by atoms with Crippen molar-refractivity contribution in [3.05, 3.63) is 28.2 Å². The first-order chi connectivity index (χ1) is 8.00. The summed E-state index contributed by atoms with van der Waals surface area (Å²) in [5.74, 6) is -1.31. The van der Waals surface area contributed by atoms with Crippen LogP contribution in [0.25, 0.3) is 0 Å². The Bertz CT molecular complexity index is 396. The van der Waals surface area contributed by atoms with Crippen LogP contribution in [0.2, 0.25) is 0 Å². The molecule has 0 heterocycles. The largest absolute Gasteiger partial charge is 0.388 e. The maximum atomic E-state index is 13.5. The monoisotopic (exact) mass is 305 g/mol. The quantitative estimate of drug-likeness (QED) is 0.896. The number of halogens is 3. The van der Waals surface area contributed by atoms with Crippen LogP contribution < -0.4 is 5.32 Å². The van der Waals surface area contributed by atoms with Crippen molar-refractivity contribution in [2.45, 2.75) is 31.3 Å². The first kappa shape index (κ1) is 12.8. The summed E-state index contributed by atoms with van der Waals surface area (Å²) in [6.45, 7) is 0.183. The lowest BCUT2D eigenvalue weighted by molar-refractivity contribution is 0.0613. The van der Waals surface area contributed by atoms with Crippen molar-refractivity contribution in [3.63, 3.8) is 0 Å². The molecule has 0 aromatic heterocycles. The van der Waals surface area contributed by atoms with Gasteiger partial charge in [-0.3, -0.25) is 0 Å². The van der Waals surface area contributed by atoms with Gasteiger partial charge in [-0.1, -0.05) is 28.8 Å².